The lowest BCUT2D eigenvalue weighted by Gasteiger charge is -2.17. The molecule has 2 aromatic carbocycles. The summed E-state index contributed by atoms with van der Waals surface area (Å²) < 4.78 is 0. The zero-order valence-corrected chi connectivity index (χ0v) is 14.2. The molecule has 0 nitrogen and oxygen atoms in total. The highest BCUT2D eigenvalue weighted by Crippen LogP contribution is 2.33. The molecule has 111 valence electrons. The van der Waals surface area contributed by atoms with Crippen LogP contribution in [0.4, 0.5) is 0 Å². The van der Waals surface area contributed by atoms with Crippen LogP contribution in [-0.2, 0) is 0 Å². The second kappa shape index (κ2) is 6.47. The summed E-state index contributed by atoms with van der Waals surface area (Å²) in [6.07, 6.45) is 0. The van der Waals surface area contributed by atoms with Crippen molar-refractivity contribution in [1.29, 1.82) is 0 Å². The fraction of sp³-hybridized carbons (Fsp3) is 0.429. The molecule has 21 heavy (non-hydrogen) atoms. The lowest BCUT2D eigenvalue weighted by Crippen LogP contribution is -1.98. The standard InChI is InChI=1S/C21H27/c1-14(2)17-11-18(15(3)4)13-19(12-17)21-10-8-7-9-20(21)16(5)6/h7-10,12-16H,1-6H3. The molecule has 1 radical (unpaired) electrons. The van der Waals surface area contributed by atoms with Gasteiger partial charge in [-0.05, 0) is 51.6 Å². The van der Waals surface area contributed by atoms with Crippen LogP contribution in [0.3, 0.4) is 0 Å². The molecule has 0 heterocycles. The van der Waals surface area contributed by atoms with E-state index < -0.39 is 0 Å². The first kappa shape index (κ1) is 15.8. The van der Waals surface area contributed by atoms with Crippen molar-refractivity contribution in [2.75, 3.05) is 0 Å². The molecule has 0 aliphatic rings. The number of benzene rings is 2. The predicted molar refractivity (Wildman–Crippen MR) is 93.0 cm³/mol. The van der Waals surface area contributed by atoms with E-state index in [4.69, 9.17) is 0 Å². The fourth-order valence-electron chi connectivity index (χ4n) is 2.66. The minimum atomic E-state index is 0.508. The topological polar surface area (TPSA) is 0 Å². The Morgan fingerprint density at radius 2 is 1.24 bits per heavy atom. The summed E-state index contributed by atoms with van der Waals surface area (Å²) in [5, 5.41) is 0. The third-order valence-corrected chi connectivity index (χ3v) is 4.05. The second-order valence-corrected chi connectivity index (χ2v) is 6.83. The average molecular weight is 279 g/mol. The summed E-state index contributed by atoms with van der Waals surface area (Å²) in [7, 11) is 0. The van der Waals surface area contributed by atoms with Crippen LogP contribution in [0.2, 0.25) is 0 Å². The smallest absolute Gasteiger partial charge is 0.0108 e. The van der Waals surface area contributed by atoms with Gasteiger partial charge >= 0.3 is 0 Å². The van der Waals surface area contributed by atoms with Crippen molar-refractivity contribution in [1.82, 2.24) is 0 Å². The summed E-state index contributed by atoms with van der Waals surface area (Å²) in [5.74, 6) is 1.55. The maximum atomic E-state index is 3.60. The second-order valence-electron chi connectivity index (χ2n) is 6.83. The molecule has 0 amide bonds. The molecule has 0 aliphatic heterocycles. The van der Waals surface area contributed by atoms with Crippen molar-refractivity contribution >= 4 is 0 Å². The van der Waals surface area contributed by atoms with Crippen LogP contribution >= 0.6 is 0 Å². The first-order chi connectivity index (χ1) is 9.90. The van der Waals surface area contributed by atoms with Gasteiger partial charge in [-0.3, -0.25) is 0 Å². The van der Waals surface area contributed by atoms with Crippen molar-refractivity contribution in [2.24, 2.45) is 0 Å². The number of hydrogen-bond acceptors (Lipinski definition) is 0. The Labute approximate surface area is 130 Å². The summed E-state index contributed by atoms with van der Waals surface area (Å²) in [4.78, 5) is 0. The number of hydrogen-bond donors (Lipinski definition) is 0. The van der Waals surface area contributed by atoms with E-state index >= 15 is 0 Å². The molecule has 2 aromatic rings. The third-order valence-electron chi connectivity index (χ3n) is 4.05. The van der Waals surface area contributed by atoms with E-state index in [1.165, 1.54) is 27.8 Å². The molecule has 0 saturated carbocycles. The summed E-state index contributed by atoms with van der Waals surface area (Å²) in [5.41, 5.74) is 6.76. The van der Waals surface area contributed by atoms with Gasteiger partial charge in [0.05, 0.1) is 0 Å². The quantitative estimate of drug-likeness (QED) is 0.597. The molecule has 0 saturated heterocycles. The Kier molecular flexibility index (Phi) is 4.88. The van der Waals surface area contributed by atoms with Crippen molar-refractivity contribution in [2.45, 2.75) is 59.3 Å². The molecule has 0 aromatic heterocycles. The van der Waals surface area contributed by atoms with Gasteiger partial charge in [0.15, 0.2) is 0 Å². The summed E-state index contributed by atoms with van der Waals surface area (Å²) in [6.45, 7) is 13.5. The Morgan fingerprint density at radius 1 is 0.714 bits per heavy atom. The Morgan fingerprint density at radius 3 is 1.71 bits per heavy atom. The van der Waals surface area contributed by atoms with Crippen LogP contribution in [0.1, 0.15) is 76.0 Å². The van der Waals surface area contributed by atoms with Crippen LogP contribution < -0.4 is 0 Å². The van der Waals surface area contributed by atoms with E-state index in [-0.39, 0.29) is 0 Å². The van der Waals surface area contributed by atoms with E-state index in [0.717, 1.165) is 0 Å². The third kappa shape index (κ3) is 3.56. The molecule has 0 unspecified atom stereocenters. The lowest BCUT2D eigenvalue weighted by atomic mass is 9.87. The Balaban J connectivity index is 2.63. The van der Waals surface area contributed by atoms with Gasteiger partial charge < -0.3 is 0 Å². The molecule has 0 fully saturated rings. The van der Waals surface area contributed by atoms with Crippen molar-refractivity contribution in [3.63, 3.8) is 0 Å². The van der Waals surface area contributed by atoms with Gasteiger partial charge in [0, 0.05) is 0 Å². The zero-order valence-electron chi connectivity index (χ0n) is 14.2. The normalized spacial score (nSPS) is 11.7. The highest BCUT2D eigenvalue weighted by molar-refractivity contribution is 5.69. The molecular weight excluding hydrogens is 252 g/mol. The van der Waals surface area contributed by atoms with Crippen LogP contribution in [-0.4, -0.2) is 0 Å². The van der Waals surface area contributed by atoms with E-state index in [1.807, 2.05) is 0 Å². The van der Waals surface area contributed by atoms with Crippen LogP contribution in [0.15, 0.2) is 36.4 Å². The van der Waals surface area contributed by atoms with Crippen molar-refractivity contribution < 1.29 is 0 Å². The molecule has 0 atom stereocenters. The van der Waals surface area contributed by atoms with Crippen LogP contribution in [0, 0.1) is 6.07 Å². The summed E-state index contributed by atoms with van der Waals surface area (Å²) >= 11 is 0. The Bertz CT molecular complexity index is 577. The van der Waals surface area contributed by atoms with Crippen LogP contribution in [0.25, 0.3) is 11.1 Å². The van der Waals surface area contributed by atoms with Gasteiger partial charge in [0.2, 0.25) is 0 Å². The van der Waals surface area contributed by atoms with E-state index in [2.05, 4.69) is 84.0 Å². The zero-order chi connectivity index (χ0) is 15.6. The molecule has 2 rings (SSSR count). The SMILES string of the molecule is CC(C)c1[c]c(C(C)C)cc(-c2ccccc2C(C)C)c1. The van der Waals surface area contributed by atoms with Crippen LogP contribution in [0.5, 0.6) is 0 Å². The van der Waals surface area contributed by atoms with Gasteiger partial charge in [-0.2, -0.15) is 0 Å². The van der Waals surface area contributed by atoms with Gasteiger partial charge in [-0.15, -0.1) is 0 Å². The van der Waals surface area contributed by atoms with Crippen molar-refractivity contribution in [3.8, 4) is 11.1 Å². The maximum Gasteiger partial charge on any atom is -0.0108 e. The first-order valence-electron chi connectivity index (χ1n) is 8.06. The van der Waals surface area contributed by atoms with E-state index in [0.29, 0.717) is 17.8 Å². The van der Waals surface area contributed by atoms with Gasteiger partial charge in [-0.1, -0.05) is 77.9 Å². The molecule has 0 spiro atoms. The monoisotopic (exact) mass is 279 g/mol. The Hall–Kier alpha value is -1.56. The van der Waals surface area contributed by atoms with Gasteiger partial charge in [0.25, 0.3) is 0 Å². The molecular formula is C21H27. The molecule has 0 heteroatoms. The van der Waals surface area contributed by atoms with E-state index in [9.17, 15) is 0 Å². The highest BCUT2D eigenvalue weighted by Gasteiger charge is 2.12. The average Bonchev–Trinajstić information content (AvgIpc) is 2.46. The highest BCUT2D eigenvalue weighted by atomic mass is 14.2. The van der Waals surface area contributed by atoms with Gasteiger partial charge in [-0.25, -0.2) is 0 Å². The fourth-order valence-corrected chi connectivity index (χ4v) is 2.66. The minimum absolute atomic E-state index is 0.508. The largest absolute Gasteiger partial charge is 0.0619 e. The molecule has 0 aliphatic carbocycles. The maximum absolute atomic E-state index is 3.60. The predicted octanol–water partition coefficient (Wildman–Crippen LogP) is 6.52. The first-order valence-corrected chi connectivity index (χ1v) is 8.06. The molecule has 0 N–H and O–H groups in total. The van der Waals surface area contributed by atoms with Crippen molar-refractivity contribution in [3.05, 3.63) is 59.2 Å². The lowest BCUT2D eigenvalue weighted by molar-refractivity contribution is 0.830. The summed E-state index contributed by atoms with van der Waals surface area (Å²) in [6, 6.07) is 17.0. The molecule has 0 bridgehead atoms. The van der Waals surface area contributed by atoms with E-state index in [1.54, 1.807) is 0 Å². The minimum Gasteiger partial charge on any atom is -0.0619 e. The number of rotatable bonds is 4. The van der Waals surface area contributed by atoms with Gasteiger partial charge in [0.1, 0.15) is 0 Å².